The van der Waals surface area contributed by atoms with E-state index in [1.165, 1.54) is 12.1 Å². The second kappa shape index (κ2) is 7.33. The lowest BCUT2D eigenvalue weighted by molar-refractivity contribution is -0.0504. The summed E-state index contributed by atoms with van der Waals surface area (Å²) >= 11 is 5.88. The Morgan fingerprint density at radius 3 is 2.90 bits per heavy atom. The van der Waals surface area contributed by atoms with E-state index in [0.29, 0.717) is 30.1 Å². The van der Waals surface area contributed by atoms with E-state index in [9.17, 15) is 8.78 Å². The molecule has 0 amide bonds. The van der Waals surface area contributed by atoms with Gasteiger partial charge in [-0.25, -0.2) is 0 Å². The molecule has 114 valence electrons. The number of ether oxygens (including phenoxy) is 1. The van der Waals surface area contributed by atoms with Crippen molar-refractivity contribution in [2.45, 2.75) is 19.6 Å². The van der Waals surface area contributed by atoms with E-state index in [2.05, 4.69) is 20.3 Å². The van der Waals surface area contributed by atoms with Crippen LogP contribution in [-0.4, -0.2) is 27.9 Å². The van der Waals surface area contributed by atoms with Crippen molar-refractivity contribution >= 4 is 11.6 Å². The number of aromatic nitrogens is 3. The van der Waals surface area contributed by atoms with Gasteiger partial charge in [-0.3, -0.25) is 0 Å². The monoisotopic (exact) mass is 316 g/mol. The molecule has 0 atom stereocenters. The molecule has 2 aromatic rings. The molecule has 21 heavy (non-hydrogen) atoms. The minimum Gasteiger partial charge on any atom is -0.434 e. The second-order valence-electron chi connectivity index (χ2n) is 4.42. The van der Waals surface area contributed by atoms with Crippen molar-refractivity contribution in [1.29, 1.82) is 0 Å². The SMILES string of the molecule is Cn1cnnc1CCNCc1cc(Cl)ccc1OC(F)F. The van der Waals surface area contributed by atoms with Crippen LogP contribution < -0.4 is 10.1 Å². The highest BCUT2D eigenvalue weighted by Crippen LogP contribution is 2.24. The summed E-state index contributed by atoms with van der Waals surface area (Å²) in [6.45, 7) is -1.85. The van der Waals surface area contributed by atoms with Gasteiger partial charge < -0.3 is 14.6 Å². The molecule has 0 saturated carbocycles. The number of rotatable bonds is 7. The van der Waals surface area contributed by atoms with Crippen LogP contribution >= 0.6 is 11.6 Å². The van der Waals surface area contributed by atoms with Crippen molar-refractivity contribution in [3.8, 4) is 5.75 Å². The Morgan fingerprint density at radius 2 is 2.24 bits per heavy atom. The van der Waals surface area contributed by atoms with Gasteiger partial charge in [0.15, 0.2) is 0 Å². The molecule has 2 rings (SSSR count). The average Bonchev–Trinajstić information content (AvgIpc) is 2.83. The number of alkyl halides is 2. The Bertz CT molecular complexity index is 591. The van der Waals surface area contributed by atoms with E-state index in [0.717, 1.165) is 5.82 Å². The number of hydrogen-bond acceptors (Lipinski definition) is 4. The fourth-order valence-corrected chi connectivity index (χ4v) is 2.05. The summed E-state index contributed by atoms with van der Waals surface area (Å²) in [6, 6.07) is 4.56. The normalized spacial score (nSPS) is 11.1. The standard InChI is InChI=1S/C13H15ClF2N4O/c1-20-8-18-19-12(20)4-5-17-7-9-6-10(14)2-3-11(9)21-13(15)16/h2-3,6,8,13,17H,4-5,7H2,1H3. The zero-order valence-corrected chi connectivity index (χ0v) is 12.1. The quantitative estimate of drug-likeness (QED) is 0.797. The molecule has 1 aromatic carbocycles. The van der Waals surface area contributed by atoms with Gasteiger partial charge in [-0.05, 0) is 18.2 Å². The molecule has 0 fully saturated rings. The van der Waals surface area contributed by atoms with E-state index in [4.69, 9.17) is 11.6 Å². The molecule has 0 aliphatic carbocycles. The van der Waals surface area contributed by atoms with E-state index in [1.54, 1.807) is 12.4 Å². The first-order valence-electron chi connectivity index (χ1n) is 6.33. The Labute approximate surface area is 125 Å². The zero-order chi connectivity index (χ0) is 15.2. The second-order valence-corrected chi connectivity index (χ2v) is 4.85. The minimum absolute atomic E-state index is 0.126. The molecule has 0 radical (unpaired) electrons. The Balaban J connectivity index is 1.90. The first-order valence-corrected chi connectivity index (χ1v) is 6.71. The Hall–Kier alpha value is -1.73. The van der Waals surface area contributed by atoms with Crippen molar-refractivity contribution < 1.29 is 13.5 Å². The third-order valence-corrected chi connectivity index (χ3v) is 3.12. The van der Waals surface area contributed by atoms with Crippen molar-refractivity contribution in [1.82, 2.24) is 20.1 Å². The Kier molecular flexibility index (Phi) is 5.46. The van der Waals surface area contributed by atoms with Gasteiger partial charge in [-0.2, -0.15) is 8.78 Å². The predicted molar refractivity (Wildman–Crippen MR) is 74.5 cm³/mol. The third-order valence-electron chi connectivity index (χ3n) is 2.88. The topological polar surface area (TPSA) is 52.0 Å². The Morgan fingerprint density at radius 1 is 1.43 bits per heavy atom. The van der Waals surface area contributed by atoms with Crippen LogP contribution in [0.15, 0.2) is 24.5 Å². The van der Waals surface area contributed by atoms with E-state index in [1.807, 2.05) is 11.6 Å². The third kappa shape index (κ3) is 4.64. The summed E-state index contributed by atoms with van der Waals surface area (Å²) in [4.78, 5) is 0. The largest absolute Gasteiger partial charge is 0.434 e. The van der Waals surface area contributed by atoms with Gasteiger partial charge in [0.2, 0.25) is 0 Å². The highest BCUT2D eigenvalue weighted by molar-refractivity contribution is 6.30. The molecule has 0 bridgehead atoms. The predicted octanol–water partition coefficient (Wildman–Crippen LogP) is 2.40. The van der Waals surface area contributed by atoms with Crippen LogP contribution in [0.5, 0.6) is 5.75 Å². The van der Waals surface area contributed by atoms with Gasteiger partial charge in [0.05, 0.1) is 0 Å². The maximum atomic E-state index is 12.3. The first kappa shape index (κ1) is 15.7. The lowest BCUT2D eigenvalue weighted by Crippen LogP contribution is -2.19. The van der Waals surface area contributed by atoms with Gasteiger partial charge >= 0.3 is 6.61 Å². The molecule has 0 aliphatic rings. The van der Waals surface area contributed by atoms with Crippen LogP contribution in [-0.2, 0) is 20.0 Å². The number of nitrogens with zero attached hydrogens (tertiary/aromatic N) is 3. The summed E-state index contributed by atoms with van der Waals surface area (Å²) in [5, 5.41) is 11.4. The van der Waals surface area contributed by atoms with Gasteiger partial charge in [0.1, 0.15) is 17.9 Å². The maximum Gasteiger partial charge on any atom is 0.387 e. The van der Waals surface area contributed by atoms with Gasteiger partial charge in [-0.15, -0.1) is 10.2 Å². The minimum atomic E-state index is -2.86. The number of halogens is 3. The molecule has 1 heterocycles. The summed E-state index contributed by atoms with van der Waals surface area (Å²) < 4.78 is 30.9. The smallest absolute Gasteiger partial charge is 0.387 e. The molecule has 0 unspecified atom stereocenters. The van der Waals surface area contributed by atoms with E-state index >= 15 is 0 Å². The molecule has 1 N–H and O–H groups in total. The van der Waals surface area contributed by atoms with Crippen molar-refractivity contribution in [3.05, 3.63) is 40.9 Å². The summed E-state index contributed by atoms with van der Waals surface area (Å²) in [5.74, 6) is 0.971. The van der Waals surface area contributed by atoms with Gasteiger partial charge in [-0.1, -0.05) is 11.6 Å². The highest BCUT2D eigenvalue weighted by Gasteiger charge is 2.10. The number of nitrogens with one attached hydrogen (secondary N) is 1. The van der Waals surface area contributed by atoms with Gasteiger partial charge in [0, 0.05) is 37.1 Å². The van der Waals surface area contributed by atoms with Crippen LogP contribution in [0.3, 0.4) is 0 Å². The van der Waals surface area contributed by atoms with Crippen LogP contribution in [0, 0.1) is 0 Å². The summed E-state index contributed by atoms with van der Waals surface area (Å²) in [7, 11) is 1.86. The zero-order valence-electron chi connectivity index (χ0n) is 11.4. The van der Waals surface area contributed by atoms with Gasteiger partial charge in [0.25, 0.3) is 0 Å². The van der Waals surface area contributed by atoms with Crippen molar-refractivity contribution in [3.63, 3.8) is 0 Å². The lowest BCUT2D eigenvalue weighted by atomic mass is 10.2. The van der Waals surface area contributed by atoms with Crippen LogP contribution in [0.2, 0.25) is 5.02 Å². The van der Waals surface area contributed by atoms with Crippen LogP contribution in [0.1, 0.15) is 11.4 Å². The number of aryl methyl sites for hydroxylation is 1. The van der Waals surface area contributed by atoms with Crippen LogP contribution in [0.25, 0.3) is 0 Å². The fourth-order valence-electron chi connectivity index (χ4n) is 1.85. The molecule has 0 saturated heterocycles. The summed E-state index contributed by atoms with van der Waals surface area (Å²) in [6.07, 6.45) is 2.31. The van der Waals surface area contributed by atoms with Crippen LogP contribution in [0.4, 0.5) is 8.78 Å². The molecule has 1 aromatic heterocycles. The molecule has 8 heteroatoms. The van der Waals surface area contributed by atoms with E-state index in [-0.39, 0.29) is 5.75 Å². The fraction of sp³-hybridized carbons (Fsp3) is 0.385. The van der Waals surface area contributed by atoms with Crippen molar-refractivity contribution in [2.75, 3.05) is 6.54 Å². The maximum absolute atomic E-state index is 12.3. The molecular formula is C13H15ClF2N4O. The molecule has 0 spiro atoms. The average molecular weight is 317 g/mol. The number of benzene rings is 1. The highest BCUT2D eigenvalue weighted by atomic mass is 35.5. The summed E-state index contributed by atoms with van der Waals surface area (Å²) in [5.41, 5.74) is 0.584. The molecule has 5 nitrogen and oxygen atoms in total. The van der Waals surface area contributed by atoms with E-state index < -0.39 is 6.61 Å². The first-order chi connectivity index (χ1) is 10.1. The molecular weight excluding hydrogens is 302 g/mol. The van der Waals surface area contributed by atoms with Crippen molar-refractivity contribution in [2.24, 2.45) is 7.05 Å². The lowest BCUT2D eigenvalue weighted by Gasteiger charge is -2.12. The molecule has 0 aliphatic heterocycles. The number of hydrogen-bond donors (Lipinski definition) is 1.